The minimum Gasteiger partial charge on any atom is -0.264 e. The standard InChI is InChI=1S/Mg.H2O4S.Pd.2H/c;1-5(2,3)4;;;/h;(H2,1,2,3,4);;;. The van der Waals surface area contributed by atoms with Gasteiger partial charge in [-0.2, -0.15) is 8.42 Å². The zero-order chi connectivity index (χ0) is 4.50. The first-order chi connectivity index (χ1) is 2.00. The molecule has 0 heterocycles. The molecule has 0 unspecified atom stereocenters. The fraction of sp³-hybridized carbons (Fsp3) is 0. The van der Waals surface area contributed by atoms with Crippen LogP contribution in [0.1, 0.15) is 0 Å². The smallest absolute Gasteiger partial charge is 0.264 e. The Balaban J connectivity index is -0.0000000800. The summed E-state index contributed by atoms with van der Waals surface area (Å²) in [6.45, 7) is 0. The second kappa shape index (κ2) is 5.44. The first-order valence-corrected chi connectivity index (χ1v) is 2.10. The van der Waals surface area contributed by atoms with Crippen molar-refractivity contribution in [2.75, 3.05) is 0 Å². The van der Waals surface area contributed by atoms with Crippen LogP contribution in [0.2, 0.25) is 0 Å². The van der Waals surface area contributed by atoms with Gasteiger partial charge in [0.15, 0.2) is 0 Å². The first kappa shape index (κ1) is 15.7. The van der Waals surface area contributed by atoms with E-state index >= 15 is 0 Å². The Kier molecular flexibility index (Phi) is 12.2. The van der Waals surface area contributed by atoms with Gasteiger partial charge in [-0.15, -0.1) is 0 Å². The Bertz CT molecular complexity index is 94.9. The van der Waals surface area contributed by atoms with Gasteiger partial charge in [-0.05, 0) is 0 Å². The third-order valence-electron chi connectivity index (χ3n) is 0. The van der Waals surface area contributed by atoms with Crippen molar-refractivity contribution in [1.29, 1.82) is 0 Å². The summed E-state index contributed by atoms with van der Waals surface area (Å²) in [6, 6.07) is 0. The second-order valence-electron chi connectivity index (χ2n) is 0.448. The Hall–Kier alpha value is 1.30. The molecule has 0 aromatic heterocycles. The molecule has 0 aromatic carbocycles. The van der Waals surface area contributed by atoms with Crippen molar-refractivity contribution in [3.05, 3.63) is 0 Å². The first-order valence-electron chi connectivity index (χ1n) is 0.698. The van der Waals surface area contributed by atoms with Gasteiger partial charge in [0.1, 0.15) is 0 Å². The molecule has 0 saturated heterocycles. The summed E-state index contributed by atoms with van der Waals surface area (Å²) in [7, 11) is -4.67. The number of hydrogen-bond acceptors (Lipinski definition) is 2. The van der Waals surface area contributed by atoms with Crippen LogP contribution in [0.15, 0.2) is 0 Å². The van der Waals surface area contributed by atoms with E-state index in [2.05, 4.69) is 0 Å². The molecule has 7 heteroatoms. The van der Waals surface area contributed by atoms with Crippen molar-refractivity contribution in [2.45, 2.75) is 0 Å². The van der Waals surface area contributed by atoms with Gasteiger partial charge in [-0.25, -0.2) is 0 Å². The molecule has 46 valence electrons. The molecular formula is H4MgO4PdS. The molecular weight excluding hydrogens is 227 g/mol. The zero-order valence-corrected chi connectivity index (χ0v) is 4.81. The average Bonchev–Trinajstić information content (AvgIpc) is 0.722. The van der Waals surface area contributed by atoms with E-state index in [0.717, 1.165) is 0 Å². The quantitative estimate of drug-likeness (QED) is 0.390. The van der Waals surface area contributed by atoms with Crippen molar-refractivity contribution in [2.24, 2.45) is 0 Å². The summed E-state index contributed by atoms with van der Waals surface area (Å²) in [5, 5.41) is 0. The topological polar surface area (TPSA) is 74.6 Å². The molecule has 2 N–H and O–H groups in total. The van der Waals surface area contributed by atoms with Crippen molar-refractivity contribution in [3.8, 4) is 0 Å². The van der Waals surface area contributed by atoms with Gasteiger partial charge < -0.3 is 0 Å². The maximum Gasteiger partial charge on any atom is 0.394 e. The molecule has 0 saturated carbocycles. The molecule has 0 rings (SSSR count). The van der Waals surface area contributed by atoms with Gasteiger partial charge in [0.25, 0.3) is 0 Å². The molecule has 0 atom stereocenters. The van der Waals surface area contributed by atoms with Crippen molar-refractivity contribution < 1.29 is 37.9 Å². The van der Waals surface area contributed by atoms with Crippen LogP contribution >= 0.6 is 0 Å². The van der Waals surface area contributed by atoms with Crippen LogP contribution in [0, 0.1) is 0 Å². The Morgan fingerprint density at radius 1 is 1.14 bits per heavy atom. The molecule has 0 radical (unpaired) electrons. The molecule has 4 nitrogen and oxygen atoms in total. The molecule has 0 bridgehead atoms. The van der Waals surface area contributed by atoms with E-state index < -0.39 is 10.4 Å². The zero-order valence-electron chi connectivity index (χ0n) is 2.44. The third-order valence-corrected chi connectivity index (χ3v) is 0. The maximum absolute atomic E-state index is 8.74. The summed E-state index contributed by atoms with van der Waals surface area (Å²) in [5.41, 5.74) is 0. The van der Waals surface area contributed by atoms with Crippen LogP contribution in [0.5, 0.6) is 0 Å². The van der Waals surface area contributed by atoms with E-state index in [1.807, 2.05) is 0 Å². The monoisotopic (exact) mass is 230 g/mol. The Morgan fingerprint density at radius 2 is 1.14 bits per heavy atom. The van der Waals surface area contributed by atoms with Gasteiger partial charge >= 0.3 is 33.5 Å². The molecule has 0 aromatic rings. The molecule has 0 aliphatic rings. The van der Waals surface area contributed by atoms with E-state index in [4.69, 9.17) is 17.5 Å². The minimum absolute atomic E-state index is 0. The summed E-state index contributed by atoms with van der Waals surface area (Å²) >= 11 is 0. The molecule has 0 aliphatic heterocycles. The normalized spacial score (nSPS) is 8.29. The number of hydrogen-bond donors (Lipinski definition) is 2. The molecule has 0 aliphatic carbocycles. The van der Waals surface area contributed by atoms with Gasteiger partial charge in [0.2, 0.25) is 0 Å². The van der Waals surface area contributed by atoms with E-state index in [9.17, 15) is 0 Å². The Labute approximate surface area is 71.1 Å². The van der Waals surface area contributed by atoms with Gasteiger partial charge in [0, 0.05) is 20.4 Å². The van der Waals surface area contributed by atoms with Crippen LogP contribution in [0.4, 0.5) is 0 Å². The fourth-order valence-corrected chi connectivity index (χ4v) is 0. The van der Waals surface area contributed by atoms with E-state index in [1.54, 1.807) is 0 Å². The van der Waals surface area contributed by atoms with Crippen molar-refractivity contribution >= 4 is 33.5 Å². The Morgan fingerprint density at radius 3 is 1.14 bits per heavy atom. The van der Waals surface area contributed by atoms with Crippen LogP contribution in [0.25, 0.3) is 0 Å². The summed E-state index contributed by atoms with van der Waals surface area (Å²) < 4.78 is 31.6. The summed E-state index contributed by atoms with van der Waals surface area (Å²) in [6.07, 6.45) is 0. The van der Waals surface area contributed by atoms with Crippen LogP contribution < -0.4 is 0 Å². The fourth-order valence-electron chi connectivity index (χ4n) is 0. The van der Waals surface area contributed by atoms with Gasteiger partial charge in [-0.3, -0.25) is 9.11 Å². The van der Waals surface area contributed by atoms with E-state index in [1.165, 1.54) is 0 Å². The van der Waals surface area contributed by atoms with E-state index in [-0.39, 0.29) is 43.5 Å². The molecule has 7 heavy (non-hydrogen) atoms. The minimum atomic E-state index is -4.67. The molecule has 0 amide bonds. The van der Waals surface area contributed by atoms with Crippen LogP contribution in [0.3, 0.4) is 0 Å². The summed E-state index contributed by atoms with van der Waals surface area (Å²) in [4.78, 5) is 0. The predicted molar refractivity (Wildman–Crippen MR) is 22.7 cm³/mol. The average molecular weight is 231 g/mol. The van der Waals surface area contributed by atoms with Crippen LogP contribution in [-0.4, -0.2) is 40.6 Å². The summed E-state index contributed by atoms with van der Waals surface area (Å²) in [5.74, 6) is 0. The van der Waals surface area contributed by atoms with Crippen molar-refractivity contribution in [1.82, 2.24) is 0 Å². The van der Waals surface area contributed by atoms with Crippen molar-refractivity contribution in [3.63, 3.8) is 0 Å². The predicted octanol–water partition coefficient (Wildman–Crippen LogP) is -1.57. The number of rotatable bonds is 0. The third kappa shape index (κ3) is 122. The SMILES string of the molecule is O=S(=O)(O)O.[MgH2].[Pd]. The largest absolute Gasteiger partial charge is 0.394 e. The van der Waals surface area contributed by atoms with Crippen LogP contribution in [-0.2, 0) is 30.8 Å². The maximum atomic E-state index is 8.74. The van der Waals surface area contributed by atoms with E-state index in [0.29, 0.717) is 0 Å². The molecule has 0 fully saturated rings. The second-order valence-corrected chi connectivity index (χ2v) is 1.34. The molecule has 0 spiro atoms. The van der Waals surface area contributed by atoms with Gasteiger partial charge in [-0.1, -0.05) is 0 Å². The van der Waals surface area contributed by atoms with Gasteiger partial charge in [0.05, 0.1) is 0 Å².